The number of hydrogen-bond acceptors (Lipinski definition) is 3. The molecule has 0 saturated carbocycles. The van der Waals surface area contributed by atoms with Gasteiger partial charge in [-0.15, -0.1) is 11.3 Å². The van der Waals surface area contributed by atoms with Gasteiger partial charge in [-0.2, -0.15) is 5.10 Å². The summed E-state index contributed by atoms with van der Waals surface area (Å²) in [6.07, 6.45) is 3.81. The molecule has 0 fully saturated rings. The van der Waals surface area contributed by atoms with Crippen molar-refractivity contribution in [2.45, 2.75) is 13.0 Å². The Balaban J connectivity index is 2.25. The fraction of sp³-hybridized carbons (Fsp3) is 0.300. The first-order chi connectivity index (χ1) is 6.92. The van der Waals surface area contributed by atoms with E-state index in [4.69, 9.17) is 0 Å². The average molecular weight is 207 g/mol. The highest BCUT2D eigenvalue weighted by Gasteiger charge is 2.14. The normalized spacial score (nSPS) is 12.9. The predicted molar refractivity (Wildman–Crippen MR) is 58.4 cm³/mol. The topological polar surface area (TPSA) is 40.7 Å². The molecular formula is C10H13N3S. The van der Waals surface area contributed by atoms with Crippen molar-refractivity contribution in [1.29, 1.82) is 0 Å². The summed E-state index contributed by atoms with van der Waals surface area (Å²) in [5, 5.41) is 12.4. The number of hydrogen-bond donors (Lipinski definition) is 2. The van der Waals surface area contributed by atoms with E-state index < -0.39 is 0 Å². The van der Waals surface area contributed by atoms with E-state index >= 15 is 0 Å². The van der Waals surface area contributed by atoms with Gasteiger partial charge in [0.1, 0.15) is 0 Å². The maximum Gasteiger partial charge on any atom is 0.0701 e. The van der Waals surface area contributed by atoms with Gasteiger partial charge in [0.25, 0.3) is 0 Å². The molecular weight excluding hydrogens is 194 g/mol. The van der Waals surface area contributed by atoms with E-state index in [0.29, 0.717) is 0 Å². The van der Waals surface area contributed by atoms with Gasteiger partial charge in [-0.1, -0.05) is 13.0 Å². The van der Waals surface area contributed by atoms with Gasteiger partial charge in [0.15, 0.2) is 0 Å². The molecule has 2 aromatic heterocycles. The van der Waals surface area contributed by atoms with E-state index in [1.165, 1.54) is 10.4 Å². The smallest absolute Gasteiger partial charge is 0.0701 e. The lowest BCUT2D eigenvalue weighted by molar-refractivity contribution is 0.640. The summed E-state index contributed by atoms with van der Waals surface area (Å²) in [6, 6.07) is 4.49. The number of H-pyrrole nitrogens is 1. The number of nitrogens with zero attached hydrogens (tertiary/aromatic N) is 1. The molecule has 3 nitrogen and oxygen atoms in total. The fourth-order valence-corrected chi connectivity index (χ4v) is 2.29. The molecule has 0 aliphatic rings. The molecule has 2 aromatic rings. The Morgan fingerprint density at radius 2 is 2.57 bits per heavy atom. The van der Waals surface area contributed by atoms with Crippen LogP contribution < -0.4 is 5.32 Å². The SMILES string of the molecule is CCNC(c1cn[nH]c1)c1cccs1. The van der Waals surface area contributed by atoms with Crippen LogP contribution in [0.15, 0.2) is 29.9 Å². The Kier molecular flexibility index (Phi) is 2.96. The highest BCUT2D eigenvalue weighted by molar-refractivity contribution is 7.10. The van der Waals surface area contributed by atoms with Gasteiger partial charge in [0, 0.05) is 16.6 Å². The largest absolute Gasteiger partial charge is 0.306 e. The van der Waals surface area contributed by atoms with E-state index in [-0.39, 0.29) is 6.04 Å². The minimum Gasteiger partial charge on any atom is -0.306 e. The fourth-order valence-electron chi connectivity index (χ4n) is 1.46. The molecule has 4 heteroatoms. The Morgan fingerprint density at radius 3 is 3.14 bits per heavy atom. The van der Waals surface area contributed by atoms with Crippen LogP contribution in [0.25, 0.3) is 0 Å². The van der Waals surface area contributed by atoms with E-state index in [1.54, 1.807) is 11.3 Å². The molecule has 2 heterocycles. The lowest BCUT2D eigenvalue weighted by Gasteiger charge is -2.13. The van der Waals surface area contributed by atoms with Crippen molar-refractivity contribution in [3.63, 3.8) is 0 Å². The molecule has 0 bridgehead atoms. The molecule has 1 unspecified atom stereocenters. The van der Waals surface area contributed by atoms with Gasteiger partial charge in [-0.05, 0) is 18.0 Å². The van der Waals surface area contributed by atoms with Crippen LogP contribution in [0.3, 0.4) is 0 Å². The summed E-state index contributed by atoms with van der Waals surface area (Å²) in [6.45, 7) is 3.06. The van der Waals surface area contributed by atoms with Crippen molar-refractivity contribution in [2.75, 3.05) is 6.54 Å². The minimum atomic E-state index is 0.277. The summed E-state index contributed by atoms with van der Waals surface area (Å²) >= 11 is 1.77. The summed E-state index contributed by atoms with van der Waals surface area (Å²) in [4.78, 5) is 1.33. The summed E-state index contributed by atoms with van der Waals surface area (Å²) in [5.74, 6) is 0. The Labute approximate surface area is 87.2 Å². The third-order valence-electron chi connectivity index (χ3n) is 2.09. The van der Waals surface area contributed by atoms with E-state index in [1.807, 2.05) is 12.4 Å². The molecule has 0 amide bonds. The predicted octanol–water partition coefficient (Wildman–Crippen LogP) is 2.17. The van der Waals surface area contributed by atoms with Gasteiger partial charge in [-0.25, -0.2) is 0 Å². The van der Waals surface area contributed by atoms with Crippen LogP contribution in [0, 0.1) is 0 Å². The first-order valence-corrected chi connectivity index (χ1v) is 5.55. The molecule has 0 aliphatic carbocycles. The molecule has 0 aliphatic heterocycles. The zero-order valence-electron chi connectivity index (χ0n) is 8.03. The zero-order chi connectivity index (χ0) is 9.80. The number of thiophene rings is 1. The Hall–Kier alpha value is -1.13. The second-order valence-corrected chi connectivity index (χ2v) is 4.02. The maximum atomic E-state index is 3.97. The van der Waals surface area contributed by atoms with Gasteiger partial charge in [0.2, 0.25) is 0 Å². The van der Waals surface area contributed by atoms with Crippen molar-refractivity contribution in [2.24, 2.45) is 0 Å². The van der Waals surface area contributed by atoms with Crippen molar-refractivity contribution in [1.82, 2.24) is 15.5 Å². The average Bonchev–Trinajstić information content (AvgIpc) is 2.87. The molecule has 1 atom stereocenters. The zero-order valence-corrected chi connectivity index (χ0v) is 8.84. The third kappa shape index (κ3) is 1.86. The highest BCUT2D eigenvalue weighted by atomic mass is 32.1. The quantitative estimate of drug-likeness (QED) is 0.806. The molecule has 0 aromatic carbocycles. The molecule has 2 N–H and O–H groups in total. The van der Waals surface area contributed by atoms with Crippen LogP contribution in [-0.2, 0) is 0 Å². The Morgan fingerprint density at radius 1 is 1.64 bits per heavy atom. The van der Waals surface area contributed by atoms with Gasteiger partial charge in [0.05, 0.1) is 12.2 Å². The van der Waals surface area contributed by atoms with Crippen LogP contribution in [0.4, 0.5) is 0 Å². The lowest BCUT2D eigenvalue weighted by atomic mass is 10.1. The Bertz CT molecular complexity index is 318. The van der Waals surface area contributed by atoms with Crippen molar-refractivity contribution in [3.05, 3.63) is 40.3 Å². The van der Waals surface area contributed by atoms with Crippen LogP contribution in [0.5, 0.6) is 0 Å². The lowest BCUT2D eigenvalue weighted by Crippen LogP contribution is -2.20. The highest BCUT2D eigenvalue weighted by Crippen LogP contribution is 2.24. The van der Waals surface area contributed by atoms with Crippen molar-refractivity contribution >= 4 is 11.3 Å². The first-order valence-electron chi connectivity index (χ1n) is 4.67. The van der Waals surface area contributed by atoms with Crippen LogP contribution >= 0.6 is 11.3 Å². The van der Waals surface area contributed by atoms with Crippen molar-refractivity contribution in [3.8, 4) is 0 Å². The van der Waals surface area contributed by atoms with Gasteiger partial charge >= 0.3 is 0 Å². The summed E-state index contributed by atoms with van der Waals surface area (Å²) in [7, 11) is 0. The molecule has 0 radical (unpaired) electrons. The molecule has 0 saturated heterocycles. The number of aromatic nitrogens is 2. The van der Waals surface area contributed by atoms with Crippen LogP contribution in [0.2, 0.25) is 0 Å². The third-order valence-corrected chi connectivity index (χ3v) is 3.03. The summed E-state index contributed by atoms with van der Waals surface area (Å²) in [5.41, 5.74) is 1.19. The van der Waals surface area contributed by atoms with E-state index in [0.717, 1.165) is 6.54 Å². The second-order valence-electron chi connectivity index (χ2n) is 3.04. The van der Waals surface area contributed by atoms with Gasteiger partial charge < -0.3 is 5.32 Å². The number of aromatic amines is 1. The van der Waals surface area contributed by atoms with Crippen LogP contribution in [-0.4, -0.2) is 16.7 Å². The maximum absolute atomic E-state index is 3.97. The number of rotatable bonds is 4. The second kappa shape index (κ2) is 4.39. The molecule has 74 valence electrons. The van der Waals surface area contributed by atoms with Gasteiger partial charge in [-0.3, -0.25) is 5.10 Å². The standard InChI is InChI=1S/C10H13N3S/c1-2-11-10(8-6-12-13-7-8)9-4-3-5-14-9/h3-7,10-11H,2H2,1H3,(H,12,13). The number of nitrogens with one attached hydrogen (secondary N) is 2. The van der Waals surface area contributed by atoms with E-state index in [9.17, 15) is 0 Å². The van der Waals surface area contributed by atoms with E-state index in [2.05, 4.69) is 40.0 Å². The monoisotopic (exact) mass is 207 g/mol. The molecule has 14 heavy (non-hydrogen) atoms. The molecule has 0 spiro atoms. The molecule has 2 rings (SSSR count). The first kappa shape index (κ1) is 9.43. The van der Waals surface area contributed by atoms with Crippen LogP contribution in [0.1, 0.15) is 23.4 Å². The van der Waals surface area contributed by atoms with Crippen molar-refractivity contribution < 1.29 is 0 Å². The summed E-state index contributed by atoms with van der Waals surface area (Å²) < 4.78 is 0. The minimum absolute atomic E-state index is 0.277.